The first-order valence-electron chi connectivity index (χ1n) is 7.23. The minimum Gasteiger partial charge on any atom is -0.391 e. The summed E-state index contributed by atoms with van der Waals surface area (Å²) < 4.78 is 0. The molecule has 0 spiro atoms. The predicted molar refractivity (Wildman–Crippen MR) is 67.5 cm³/mol. The summed E-state index contributed by atoms with van der Waals surface area (Å²) in [6, 6.07) is 0.461. The summed E-state index contributed by atoms with van der Waals surface area (Å²) in [5, 5.41) is 10.2. The Morgan fingerprint density at radius 1 is 1.06 bits per heavy atom. The average Bonchev–Trinajstić information content (AvgIpc) is 3.06. The Morgan fingerprint density at radius 2 is 1.81 bits per heavy atom. The van der Waals surface area contributed by atoms with Gasteiger partial charge in [0, 0.05) is 12.6 Å². The summed E-state index contributed by atoms with van der Waals surface area (Å²) in [5.74, 6) is 0.946. The highest BCUT2D eigenvalue weighted by Gasteiger charge is 2.31. The summed E-state index contributed by atoms with van der Waals surface area (Å²) in [5.41, 5.74) is 0. The zero-order valence-electron chi connectivity index (χ0n) is 10.7. The molecule has 0 heterocycles. The number of hydrogen-bond donors (Lipinski definition) is 1. The summed E-state index contributed by atoms with van der Waals surface area (Å²) in [4.78, 5) is 2.59. The molecule has 0 aromatic carbocycles. The van der Waals surface area contributed by atoms with Gasteiger partial charge < -0.3 is 5.11 Å². The molecule has 0 aromatic rings. The third kappa shape index (κ3) is 3.46. The maximum absolute atomic E-state index is 10.2. The summed E-state index contributed by atoms with van der Waals surface area (Å²) in [6.45, 7) is 4.68. The third-order valence-electron chi connectivity index (χ3n) is 4.11. The molecule has 2 heteroatoms. The Balaban J connectivity index is 1.91. The van der Waals surface area contributed by atoms with Crippen molar-refractivity contribution in [2.75, 3.05) is 13.1 Å². The molecule has 2 saturated carbocycles. The van der Waals surface area contributed by atoms with Crippen LogP contribution in [0.5, 0.6) is 0 Å². The molecular weight excluding hydrogens is 198 g/mol. The van der Waals surface area contributed by atoms with Crippen LogP contribution in [0.4, 0.5) is 0 Å². The molecule has 2 unspecified atom stereocenters. The second kappa shape index (κ2) is 6.02. The van der Waals surface area contributed by atoms with E-state index in [4.69, 9.17) is 0 Å². The van der Waals surface area contributed by atoms with Gasteiger partial charge in [-0.1, -0.05) is 26.2 Å². The topological polar surface area (TPSA) is 23.5 Å². The molecule has 94 valence electrons. The lowest BCUT2D eigenvalue weighted by atomic mass is 10.0. The number of aliphatic hydroxyl groups excluding tert-OH is 1. The SMILES string of the molecule is CCCN(CC1CC1)C1CCCCCC1O. The Labute approximate surface area is 100 Å². The van der Waals surface area contributed by atoms with E-state index in [1.54, 1.807) is 0 Å². The van der Waals surface area contributed by atoms with Gasteiger partial charge in [0.15, 0.2) is 0 Å². The molecule has 0 aromatic heterocycles. The molecule has 0 radical (unpaired) electrons. The van der Waals surface area contributed by atoms with Crippen LogP contribution in [0.15, 0.2) is 0 Å². The maximum Gasteiger partial charge on any atom is 0.0695 e. The first-order chi connectivity index (χ1) is 7.81. The molecule has 16 heavy (non-hydrogen) atoms. The molecule has 2 rings (SSSR count). The van der Waals surface area contributed by atoms with E-state index in [0.717, 1.165) is 12.3 Å². The van der Waals surface area contributed by atoms with Crippen LogP contribution in [-0.2, 0) is 0 Å². The standard InChI is InChI=1S/C14H27NO/c1-2-10-15(11-12-8-9-12)13-6-4-3-5-7-14(13)16/h12-14,16H,2-11H2,1H3. The van der Waals surface area contributed by atoms with Crippen molar-refractivity contribution >= 4 is 0 Å². The average molecular weight is 225 g/mol. The normalized spacial score (nSPS) is 31.7. The highest BCUT2D eigenvalue weighted by Crippen LogP contribution is 2.32. The van der Waals surface area contributed by atoms with Crippen LogP contribution in [0.1, 0.15) is 58.3 Å². The van der Waals surface area contributed by atoms with Crippen LogP contribution < -0.4 is 0 Å². The quantitative estimate of drug-likeness (QED) is 0.727. The Morgan fingerprint density at radius 3 is 2.50 bits per heavy atom. The van der Waals surface area contributed by atoms with E-state index < -0.39 is 0 Å². The molecular formula is C14H27NO. The monoisotopic (exact) mass is 225 g/mol. The number of hydrogen-bond acceptors (Lipinski definition) is 2. The van der Waals surface area contributed by atoms with Crippen LogP contribution in [-0.4, -0.2) is 35.2 Å². The number of nitrogens with zero attached hydrogens (tertiary/aromatic N) is 1. The molecule has 2 aliphatic rings. The predicted octanol–water partition coefficient (Wildman–Crippen LogP) is 2.80. The summed E-state index contributed by atoms with van der Waals surface area (Å²) in [6.07, 6.45) is 10.1. The molecule has 1 N–H and O–H groups in total. The lowest BCUT2D eigenvalue weighted by Gasteiger charge is -2.34. The fourth-order valence-electron chi connectivity index (χ4n) is 3.01. The number of rotatable bonds is 5. The van der Waals surface area contributed by atoms with Crippen LogP contribution in [0.2, 0.25) is 0 Å². The van der Waals surface area contributed by atoms with Gasteiger partial charge in [0.05, 0.1) is 6.10 Å². The molecule has 0 bridgehead atoms. The highest BCUT2D eigenvalue weighted by molar-refractivity contribution is 4.85. The fraction of sp³-hybridized carbons (Fsp3) is 1.00. The maximum atomic E-state index is 10.2. The molecule has 0 aliphatic heterocycles. The zero-order valence-corrected chi connectivity index (χ0v) is 10.7. The van der Waals surface area contributed by atoms with Crippen molar-refractivity contribution in [1.82, 2.24) is 4.90 Å². The zero-order chi connectivity index (χ0) is 11.4. The van der Waals surface area contributed by atoms with Gasteiger partial charge in [-0.3, -0.25) is 4.90 Å². The van der Waals surface area contributed by atoms with Gasteiger partial charge in [-0.05, 0) is 44.6 Å². The van der Waals surface area contributed by atoms with E-state index in [1.807, 2.05) is 0 Å². The minimum atomic E-state index is -0.0622. The largest absolute Gasteiger partial charge is 0.391 e. The molecule has 2 fully saturated rings. The number of aliphatic hydroxyl groups is 1. The summed E-state index contributed by atoms with van der Waals surface area (Å²) in [7, 11) is 0. The fourth-order valence-corrected chi connectivity index (χ4v) is 3.01. The molecule has 0 saturated heterocycles. The Kier molecular flexibility index (Phi) is 4.66. The van der Waals surface area contributed by atoms with E-state index >= 15 is 0 Å². The van der Waals surface area contributed by atoms with Crippen molar-refractivity contribution in [3.05, 3.63) is 0 Å². The molecule has 2 atom stereocenters. The van der Waals surface area contributed by atoms with Crippen LogP contribution in [0, 0.1) is 5.92 Å². The van der Waals surface area contributed by atoms with Crippen molar-refractivity contribution in [3.8, 4) is 0 Å². The van der Waals surface area contributed by atoms with Crippen LogP contribution >= 0.6 is 0 Å². The second-order valence-electron chi connectivity index (χ2n) is 5.71. The van der Waals surface area contributed by atoms with Crippen LogP contribution in [0.3, 0.4) is 0 Å². The van der Waals surface area contributed by atoms with E-state index in [2.05, 4.69) is 11.8 Å². The molecule has 0 amide bonds. The Bertz CT molecular complexity index is 203. The van der Waals surface area contributed by atoms with Crippen molar-refractivity contribution in [2.45, 2.75) is 70.4 Å². The first kappa shape index (κ1) is 12.4. The van der Waals surface area contributed by atoms with E-state index in [1.165, 1.54) is 58.0 Å². The van der Waals surface area contributed by atoms with E-state index in [9.17, 15) is 5.11 Å². The summed E-state index contributed by atoms with van der Waals surface area (Å²) >= 11 is 0. The van der Waals surface area contributed by atoms with Gasteiger partial charge in [-0.2, -0.15) is 0 Å². The Hall–Kier alpha value is -0.0800. The smallest absolute Gasteiger partial charge is 0.0695 e. The first-order valence-corrected chi connectivity index (χ1v) is 7.23. The van der Waals surface area contributed by atoms with Crippen LogP contribution in [0.25, 0.3) is 0 Å². The molecule has 2 aliphatic carbocycles. The van der Waals surface area contributed by atoms with Gasteiger partial charge in [0.2, 0.25) is 0 Å². The van der Waals surface area contributed by atoms with Crippen molar-refractivity contribution < 1.29 is 5.11 Å². The highest BCUT2D eigenvalue weighted by atomic mass is 16.3. The van der Waals surface area contributed by atoms with Gasteiger partial charge in [0.25, 0.3) is 0 Å². The van der Waals surface area contributed by atoms with Crippen molar-refractivity contribution in [3.63, 3.8) is 0 Å². The lowest BCUT2D eigenvalue weighted by Crippen LogP contribution is -2.44. The van der Waals surface area contributed by atoms with E-state index in [0.29, 0.717) is 6.04 Å². The second-order valence-corrected chi connectivity index (χ2v) is 5.71. The van der Waals surface area contributed by atoms with Gasteiger partial charge >= 0.3 is 0 Å². The van der Waals surface area contributed by atoms with Gasteiger partial charge in [0.1, 0.15) is 0 Å². The minimum absolute atomic E-state index is 0.0622. The van der Waals surface area contributed by atoms with Crippen molar-refractivity contribution in [2.24, 2.45) is 5.92 Å². The van der Waals surface area contributed by atoms with Gasteiger partial charge in [-0.25, -0.2) is 0 Å². The van der Waals surface area contributed by atoms with Crippen molar-refractivity contribution in [1.29, 1.82) is 0 Å². The third-order valence-corrected chi connectivity index (χ3v) is 4.11. The molecule has 2 nitrogen and oxygen atoms in total. The van der Waals surface area contributed by atoms with E-state index in [-0.39, 0.29) is 6.10 Å². The van der Waals surface area contributed by atoms with Gasteiger partial charge in [-0.15, -0.1) is 0 Å². The lowest BCUT2D eigenvalue weighted by molar-refractivity contribution is 0.0413.